The molecule has 168 valence electrons. The summed E-state index contributed by atoms with van der Waals surface area (Å²) >= 11 is 0. The summed E-state index contributed by atoms with van der Waals surface area (Å²) in [5.41, 5.74) is 6.31. The fraction of sp³-hybridized carbons (Fsp3) is 0.611. The number of carbonyl (C=O) groups excluding carboxylic acids is 3. The van der Waals surface area contributed by atoms with Crippen LogP contribution in [0.25, 0.3) is 0 Å². The lowest BCUT2D eigenvalue weighted by molar-refractivity contribution is -0.142. The summed E-state index contributed by atoms with van der Waals surface area (Å²) in [4.78, 5) is 54.7. The van der Waals surface area contributed by atoms with Crippen molar-refractivity contribution in [3.8, 4) is 0 Å². The van der Waals surface area contributed by atoms with E-state index >= 15 is 0 Å². The number of H-pyrrole nitrogens is 1. The molecule has 1 rings (SSSR count). The fourth-order valence-electron chi connectivity index (χ4n) is 2.47. The third-order valence-electron chi connectivity index (χ3n) is 4.72. The highest BCUT2D eigenvalue weighted by atomic mass is 16.4. The second kappa shape index (κ2) is 11.9. The third-order valence-corrected chi connectivity index (χ3v) is 4.72. The van der Waals surface area contributed by atoms with Gasteiger partial charge in [-0.3, -0.25) is 14.4 Å². The van der Waals surface area contributed by atoms with Crippen molar-refractivity contribution in [1.29, 1.82) is 0 Å². The molecular formula is C18H30N6O6. The summed E-state index contributed by atoms with van der Waals surface area (Å²) in [6.07, 6.45) is 3.41. The van der Waals surface area contributed by atoms with Crippen LogP contribution in [0.4, 0.5) is 0 Å². The highest BCUT2D eigenvalue weighted by Crippen LogP contribution is 2.05. The second-order valence-electron chi connectivity index (χ2n) is 7.07. The summed E-state index contributed by atoms with van der Waals surface area (Å²) in [6, 6.07) is -4.51. The van der Waals surface area contributed by atoms with E-state index in [0.717, 1.165) is 0 Å². The molecule has 12 heteroatoms. The number of aliphatic hydroxyl groups is 1. The Morgan fingerprint density at radius 3 is 2.23 bits per heavy atom. The van der Waals surface area contributed by atoms with E-state index in [0.29, 0.717) is 12.1 Å². The molecule has 1 heterocycles. The summed E-state index contributed by atoms with van der Waals surface area (Å²) < 4.78 is 0. The van der Waals surface area contributed by atoms with Crippen LogP contribution >= 0.6 is 0 Å². The third kappa shape index (κ3) is 7.44. The smallest absolute Gasteiger partial charge is 0.326 e. The lowest BCUT2D eigenvalue weighted by Gasteiger charge is -2.23. The number of aliphatic hydroxyl groups excluding tert-OH is 1. The second-order valence-corrected chi connectivity index (χ2v) is 7.07. The minimum absolute atomic E-state index is 0.0624. The molecule has 30 heavy (non-hydrogen) atoms. The van der Waals surface area contributed by atoms with Crippen LogP contribution in [0.15, 0.2) is 12.5 Å². The first-order chi connectivity index (χ1) is 14.1. The van der Waals surface area contributed by atoms with Gasteiger partial charge in [0, 0.05) is 18.3 Å². The highest BCUT2D eigenvalue weighted by Gasteiger charge is 2.29. The molecule has 12 nitrogen and oxygen atoms in total. The summed E-state index contributed by atoms with van der Waals surface area (Å²) in [7, 11) is 0. The van der Waals surface area contributed by atoms with Gasteiger partial charge in [-0.15, -0.1) is 0 Å². The lowest BCUT2D eigenvalue weighted by atomic mass is 9.99. The first-order valence-corrected chi connectivity index (χ1v) is 9.58. The van der Waals surface area contributed by atoms with Crippen LogP contribution in [-0.2, 0) is 25.6 Å². The van der Waals surface area contributed by atoms with Crippen LogP contribution < -0.4 is 21.7 Å². The Kier molecular flexibility index (Phi) is 9.92. The maximum absolute atomic E-state index is 12.4. The van der Waals surface area contributed by atoms with Crippen molar-refractivity contribution in [2.24, 2.45) is 11.7 Å². The summed E-state index contributed by atoms with van der Waals surface area (Å²) in [6.45, 7) is 4.33. The number of nitrogens with zero attached hydrogens (tertiary/aromatic N) is 1. The Morgan fingerprint density at radius 2 is 1.73 bits per heavy atom. The van der Waals surface area contributed by atoms with Crippen LogP contribution in [0, 0.1) is 5.92 Å². The van der Waals surface area contributed by atoms with Crippen LogP contribution in [0.2, 0.25) is 0 Å². The number of amides is 3. The molecule has 0 fully saturated rings. The van der Waals surface area contributed by atoms with Crippen molar-refractivity contribution in [1.82, 2.24) is 25.9 Å². The van der Waals surface area contributed by atoms with Gasteiger partial charge in [-0.05, 0) is 12.8 Å². The normalized spacial score (nSPS) is 15.9. The van der Waals surface area contributed by atoms with E-state index in [1.165, 1.54) is 19.4 Å². The zero-order valence-electron chi connectivity index (χ0n) is 17.2. The van der Waals surface area contributed by atoms with E-state index in [4.69, 9.17) is 5.73 Å². The number of carboxylic acid groups (broad SMARTS) is 1. The quantitative estimate of drug-likeness (QED) is 0.196. The number of nitrogens with two attached hydrogens (primary N) is 1. The topological polar surface area (TPSA) is 200 Å². The summed E-state index contributed by atoms with van der Waals surface area (Å²) in [5, 5.41) is 25.8. The number of nitrogens with one attached hydrogen (secondary N) is 4. The number of aromatic nitrogens is 2. The maximum atomic E-state index is 12.4. The number of hydrogen-bond donors (Lipinski definition) is 7. The van der Waals surface area contributed by atoms with Crippen molar-refractivity contribution >= 4 is 23.7 Å². The number of imidazole rings is 1. The number of rotatable bonds is 12. The van der Waals surface area contributed by atoms with Crippen molar-refractivity contribution in [3.05, 3.63) is 18.2 Å². The molecule has 0 aliphatic heterocycles. The van der Waals surface area contributed by atoms with Gasteiger partial charge in [0.15, 0.2) is 0 Å². The number of aliphatic carboxylic acids is 1. The molecule has 0 spiro atoms. The van der Waals surface area contributed by atoms with Crippen LogP contribution in [0.3, 0.4) is 0 Å². The molecule has 0 aliphatic carbocycles. The van der Waals surface area contributed by atoms with Crippen LogP contribution in [0.1, 0.15) is 32.9 Å². The van der Waals surface area contributed by atoms with Gasteiger partial charge < -0.3 is 36.9 Å². The number of carboxylic acids is 1. The zero-order valence-corrected chi connectivity index (χ0v) is 17.2. The van der Waals surface area contributed by atoms with E-state index in [-0.39, 0.29) is 12.3 Å². The van der Waals surface area contributed by atoms with Crippen molar-refractivity contribution < 1.29 is 29.4 Å². The van der Waals surface area contributed by atoms with Gasteiger partial charge in [0.05, 0.1) is 19.0 Å². The Hall–Kier alpha value is -2.99. The molecule has 3 amide bonds. The summed E-state index contributed by atoms with van der Waals surface area (Å²) in [5.74, 6) is -3.50. The van der Waals surface area contributed by atoms with Crippen molar-refractivity contribution in [2.45, 2.75) is 57.8 Å². The molecule has 0 radical (unpaired) electrons. The molecule has 8 N–H and O–H groups in total. The van der Waals surface area contributed by atoms with E-state index in [1.807, 2.05) is 13.8 Å². The van der Waals surface area contributed by atoms with Crippen LogP contribution in [-0.4, -0.2) is 74.6 Å². The highest BCUT2D eigenvalue weighted by molar-refractivity contribution is 5.94. The monoisotopic (exact) mass is 426 g/mol. The van der Waals surface area contributed by atoms with Gasteiger partial charge in [0.1, 0.15) is 18.1 Å². The number of hydrogen-bond acceptors (Lipinski definition) is 7. The molecule has 5 atom stereocenters. The zero-order chi connectivity index (χ0) is 22.8. The first-order valence-electron chi connectivity index (χ1n) is 9.58. The van der Waals surface area contributed by atoms with Gasteiger partial charge >= 0.3 is 5.97 Å². The van der Waals surface area contributed by atoms with E-state index < -0.39 is 54.5 Å². The SMILES string of the molecule is CCC(C)C(N)C(=O)NC(C)C(=O)NC(CO)C(=O)NC(Cc1cnc[nH]1)C(=O)O. The molecule has 5 unspecified atom stereocenters. The van der Waals surface area contributed by atoms with Gasteiger partial charge in [0.25, 0.3) is 0 Å². The predicted octanol–water partition coefficient (Wildman–Crippen LogP) is -2.12. The Labute approximate surface area is 174 Å². The minimum Gasteiger partial charge on any atom is -0.480 e. The molecule has 0 saturated heterocycles. The number of aromatic amines is 1. The maximum Gasteiger partial charge on any atom is 0.326 e. The largest absolute Gasteiger partial charge is 0.480 e. The van der Waals surface area contributed by atoms with Gasteiger partial charge in [-0.1, -0.05) is 20.3 Å². The standard InChI is InChI=1S/C18H30N6O6/c1-4-9(2)14(19)17(28)22-10(3)15(26)24-13(7-25)16(27)23-12(18(29)30)5-11-6-20-8-21-11/h6,8-10,12-14,25H,4-5,7,19H2,1-3H3,(H,20,21)(H,22,28)(H,23,27)(H,24,26)(H,29,30). The van der Waals surface area contributed by atoms with Crippen LogP contribution in [0.5, 0.6) is 0 Å². The van der Waals surface area contributed by atoms with E-state index in [1.54, 1.807) is 0 Å². The lowest BCUT2D eigenvalue weighted by Crippen LogP contribution is -2.58. The van der Waals surface area contributed by atoms with Gasteiger partial charge in [-0.25, -0.2) is 9.78 Å². The molecule has 0 aliphatic rings. The van der Waals surface area contributed by atoms with Crippen molar-refractivity contribution in [3.63, 3.8) is 0 Å². The van der Waals surface area contributed by atoms with Gasteiger partial charge in [0.2, 0.25) is 17.7 Å². The van der Waals surface area contributed by atoms with E-state index in [9.17, 15) is 29.4 Å². The molecule has 0 aromatic carbocycles. The van der Waals surface area contributed by atoms with Gasteiger partial charge in [-0.2, -0.15) is 0 Å². The predicted molar refractivity (Wildman–Crippen MR) is 106 cm³/mol. The molecule has 0 saturated carbocycles. The van der Waals surface area contributed by atoms with Crippen molar-refractivity contribution in [2.75, 3.05) is 6.61 Å². The molecule has 1 aromatic heterocycles. The molecule has 1 aromatic rings. The fourth-order valence-corrected chi connectivity index (χ4v) is 2.47. The Bertz CT molecular complexity index is 725. The average molecular weight is 426 g/mol. The first kappa shape index (κ1) is 25.0. The molecular weight excluding hydrogens is 396 g/mol. The Balaban J connectivity index is 2.67. The number of carbonyl (C=O) groups is 4. The average Bonchev–Trinajstić information content (AvgIpc) is 3.22. The Morgan fingerprint density at radius 1 is 1.10 bits per heavy atom. The molecule has 0 bridgehead atoms. The van der Waals surface area contributed by atoms with E-state index in [2.05, 4.69) is 25.9 Å². The minimum atomic E-state index is -1.40.